The Kier molecular flexibility index (Phi) is 1.44. The number of H-pyrrole nitrogens is 1. The van der Waals surface area contributed by atoms with Crippen molar-refractivity contribution in [3.05, 3.63) is 16.7 Å². The number of fused-ring (bicyclic) bond motifs is 1. The molecule has 2 unspecified atom stereocenters. The molecule has 0 amide bonds. The first-order chi connectivity index (χ1) is 7.16. The highest BCUT2D eigenvalue weighted by atomic mass is 16.1. The Morgan fingerprint density at radius 1 is 1.67 bits per heavy atom. The van der Waals surface area contributed by atoms with Crippen molar-refractivity contribution in [3.8, 4) is 0 Å². The van der Waals surface area contributed by atoms with Crippen molar-refractivity contribution in [3.63, 3.8) is 0 Å². The van der Waals surface area contributed by atoms with E-state index < -0.39 is 0 Å². The molecule has 0 bridgehead atoms. The number of anilines is 1. The second-order valence-corrected chi connectivity index (χ2v) is 3.70. The lowest BCUT2D eigenvalue weighted by atomic mass is 10.5. The third-order valence-corrected chi connectivity index (χ3v) is 2.60. The van der Waals surface area contributed by atoms with E-state index >= 15 is 0 Å². The second kappa shape index (κ2) is 2.57. The third-order valence-electron chi connectivity index (χ3n) is 2.60. The van der Waals surface area contributed by atoms with Gasteiger partial charge >= 0.3 is 0 Å². The molecule has 2 atom stereocenters. The summed E-state index contributed by atoms with van der Waals surface area (Å²) in [4.78, 5) is 24.1. The number of imidazole rings is 1. The number of likely N-dealkylation sites (N-methyl/N-ethyl adjacent to an activating group) is 1. The molecule has 15 heavy (non-hydrogen) atoms. The van der Waals surface area contributed by atoms with E-state index in [-0.39, 0.29) is 17.7 Å². The van der Waals surface area contributed by atoms with Gasteiger partial charge in [-0.1, -0.05) is 0 Å². The van der Waals surface area contributed by atoms with E-state index in [0.717, 1.165) is 6.54 Å². The zero-order valence-corrected chi connectivity index (χ0v) is 8.14. The van der Waals surface area contributed by atoms with Crippen LogP contribution in [-0.2, 0) is 0 Å². The van der Waals surface area contributed by atoms with Crippen LogP contribution in [0.2, 0.25) is 0 Å². The molecule has 1 aliphatic heterocycles. The molecule has 0 radical (unpaired) electrons. The molecule has 0 spiro atoms. The average molecular weight is 206 g/mol. The Morgan fingerprint density at radius 3 is 3.07 bits per heavy atom. The Morgan fingerprint density at radius 2 is 2.40 bits per heavy atom. The highest BCUT2D eigenvalue weighted by Crippen LogP contribution is 2.28. The molecule has 0 aliphatic carbocycles. The highest BCUT2D eigenvalue weighted by Gasteiger charge is 2.33. The van der Waals surface area contributed by atoms with E-state index in [1.165, 1.54) is 0 Å². The van der Waals surface area contributed by atoms with Gasteiger partial charge in [-0.25, -0.2) is 4.98 Å². The molecule has 1 saturated heterocycles. The minimum Gasteiger partial charge on any atom is -0.369 e. The van der Waals surface area contributed by atoms with Crippen LogP contribution in [0.1, 0.15) is 6.17 Å². The summed E-state index contributed by atoms with van der Waals surface area (Å²) in [6, 6.07) is 0. The van der Waals surface area contributed by atoms with Gasteiger partial charge in [0, 0.05) is 6.54 Å². The Balaban J connectivity index is 2.29. The van der Waals surface area contributed by atoms with Gasteiger partial charge in [-0.3, -0.25) is 19.2 Å². The van der Waals surface area contributed by atoms with Gasteiger partial charge in [0.2, 0.25) is 5.95 Å². The molecular formula is C8H10N6O. The van der Waals surface area contributed by atoms with Crippen LogP contribution in [-0.4, -0.2) is 38.0 Å². The van der Waals surface area contributed by atoms with Gasteiger partial charge in [0.15, 0.2) is 11.2 Å². The number of nitrogen functional groups attached to an aromatic ring is 1. The van der Waals surface area contributed by atoms with Crippen LogP contribution in [0.25, 0.3) is 11.2 Å². The monoisotopic (exact) mass is 206 g/mol. The largest absolute Gasteiger partial charge is 0.369 e. The smallest absolute Gasteiger partial charge is 0.280 e. The van der Waals surface area contributed by atoms with Gasteiger partial charge in [0.1, 0.15) is 6.17 Å². The number of nitrogens with zero attached hydrogens (tertiary/aromatic N) is 4. The fourth-order valence-electron chi connectivity index (χ4n) is 1.67. The van der Waals surface area contributed by atoms with Crippen LogP contribution >= 0.6 is 0 Å². The van der Waals surface area contributed by atoms with Gasteiger partial charge in [-0.05, 0) is 7.05 Å². The molecule has 0 saturated carbocycles. The molecule has 3 heterocycles. The summed E-state index contributed by atoms with van der Waals surface area (Å²) >= 11 is 0. The Bertz CT molecular complexity index is 584. The second-order valence-electron chi connectivity index (χ2n) is 3.70. The summed E-state index contributed by atoms with van der Waals surface area (Å²) in [6.07, 6.45) is 1.88. The number of aromatic nitrogens is 4. The van der Waals surface area contributed by atoms with E-state index in [9.17, 15) is 4.79 Å². The van der Waals surface area contributed by atoms with Gasteiger partial charge in [-0.2, -0.15) is 4.98 Å². The van der Waals surface area contributed by atoms with Crippen LogP contribution in [0.15, 0.2) is 11.1 Å². The number of hydrogen-bond acceptors (Lipinski definition) is 5. The fraction of sp³-hybridized carbons (Fsp3) is 0.375. The zero-order chi connectivity index (χ0) is 10.6. The molecule has 3 rings (SSSR count). The van der Waals surface area contributed by atoms with Crippen molar-refractivity contribution >= 4 is 17.1 Å². The van der Waals surface area contributed by atoms with E-state index in [1.54, 1.807) is 6.33 Å². The predicted molar refractivity (Wildman–Crippen MR) is 54.2 cm³/mol. The third kappa shape index (κ3) is 1.13. The zero-order valence-electron chi connectivity index (χ0n) is 8.14. The summed E-state index contributed by atoms with van der Waals surface area (Å²) in [5.74, 6) is 0.123. The summed E-state index contributed by atoms with van der Waals surface area (Å²) in [6.45, 7) is 0.944. The first-order valence-electron chi connectivity index (χ1n) is 4.59. The van der Waals surface area contributed by atoms with Gasteiger partial charge < -0.3 is 5.73 Å². The van der Waals surface area contributed by atoms with E-state index in [2.05, 4.69) is 19.9 Å². The van der Waals surface area contributed by atoms with Crippen molar-refractivity contribution in [1.29, 1.82) is 0 Å². The van der Waals surface area contributed by atoms with Gasteiger partial charge in [-0.15, -0.1) is 0 Å². The maximum absolute atomic E-state index is 11.5. The fourth-order valence-corrected chi connectivity index (χ4v) is 1.67. The molecule has 3 N–H and O–H groups in total. The number of nitrogens with two attached hydrogens (primary N) is 1. The highest BCUT2D eigenvalue weighted by molar-refractivity contribution is 5.70. The lowest BCUT2D eigenvalue weighted by Gasteiger charge is -2.00. The van der Waals surface area contributed by atoms with Crippen molar-refractivity contribution < 1.29 is 0 Å². The van der Waals surface area contributed by atoms with Crippen molar-refractivity contribution in [2.75, 3.05) is 19.3 Å². The summed E-state index contributed by atoms with van der Waals surface area (Å²) in [5.41, 5.74) is 6.08. The SMILES string of the molecule is CN1CC1n1cnc2c(=O)[nH]c(N)nc21. The predicted octanol–water partition coefficient (Wildman–Crippen LogP) is -0.854. The Hall–Kier alpha value is -1.89. The standard InChI is InChI=1S/C8H10N6O/c1-13-2-4(13)14-3-10-5-6(14)11-8(9)12-7(5)15/h3-4H,2H2,1H3,(H3,9,11,12,15). The summed E-state index contributed by atoms with van der Waals surface area (Å²) in [5, 5.41) is 0. The van der Waals surface area contributed by atoms with Crippen LogP contribution in [0.3, 0.4) is 0 Å². The number of hydrogen-bond donors (Lipinski definition) is 2. The molecular weight excluding hydrogens is 196 g/mol. The lowest BCUT2D eigenvalue weighted by Crippen LogP contribution is -2.12. The van der Waals surface area contributed by atoms with E-state index in [0.29, 0.717) is 11.2 Å². The first-order valence-corrected chi connectivity index (χ1v) is 4.59. The van der Waals surface area contributed by atoms with Gasteiger partial charge in [0.25, 0.3) is 5.56 Å². The average Bonchev–Trinajstić information content (AvgIpc) is 2.74. The molecule has 7 nitrogen and oxygen atoms in total. The van der Waals surface area contributed by atoms with Crippen LogP contribution in [0.4, 0.5) is 5.95 Å². The molecule has 78 valence electrons. The van der Waals surface area contributed by atoms with Crippen molar-refractivity contribution in [1.82, 2.24) is 24.4 Å². The number of rotatable bonds is 1. The normalized spacial score (nSPS) is 24.6. The Labute approximate surface area is 84.5 Å². The van der Waals surface area contributed by atoms with Crippen molar-refractivity contribution in [2.45, 2.75) is 6.17 Å². The van der Waals surface area contributed by atoms with Crippen molar-refractivity contribution in [2.24, 2.45) is 0 Å². The lowest BCUT2D eigenvalue weighted by molar-refractivity contribution is 0.537. The quantitative estimate of drug-likeness (QED) is 0.592. The maximum Gasteiger partial charge on any atom is 0.280 e. The topological polar surface area (TPSA) is 92.6 Å². The minimum atomic E-state index is -0.292. The van der Waals surface area contributed by atoms with E-state index in [1.807, 2.05) is 11.6 Å². The first kappa shape index (κ1) is 8.42. The summed E-state index contributed by atoms with van der Waals surface area (Å²) in [7, 11) is 1.99. The number of aromatic amines is 1. The molecule has 0 aromatic carbocycles. The van der Waals surface area contributed by atoms with Crippen LogP contribution in [0, 0.1) is 0 Å². The number of nitrogens with one attached hydrogen (secondary N) is 1. The molecule has 1 aliphatic rings. The molecule has 2 aromatic rings. The summed E-state index contributed by atoms with van der Waals surface area (Å²) < 4.78 is 1.86. The van der Waals surface area contributed by atoms with E-state index in [4.69, 9.17) is 5.73 Å². The maximum atomic E-state index is 11.5. The molecule has 2 aromatic heterocycles. The van der Waals surface area contributed by atoms with Gasteiger partial charge in [0.05, 0.1) is 6.33 Å². The van der Waals surface area contributed by atoms with Crippen LogP contribution < -0.4 is 11.3 Å². The minimum absolute atomic E-state index is 0.123. The van der Waals surface area contributed by atoms with Crippen LogP contribution in [0.5, 0.6) is 0 Å². The molecule has 1 fully saturated rings. The molecule has 7 heteroatoms.